The summed E-state index contributed by atoms with van der Waals surface area (Å²) in [5, 5.41) is 9.41. The van der Waals surface area contributed by atoms with E-state index in [0.29, 0.717) is 0 Å². The predicted octanol–water partition coefficient (Wildman–Crippen LogP) is 4.30. The Bertz CT molecular complexity index is 1110. The Kier molecular flexibility index (Phi) is 5.37. The lowest BCUT2D eigenvalue weighted by Gasteiger charge is -2.17. The second-order valence-corrected chi connectivity index (χ2v) is 8.35. The van der Waals surface area contributed by atoms with E-state index in [0.717, 1.165) is 5.56 Å². The van der Waals surface area contributed by atoms with Gasteiger partial charge in [-0.3, -0.25) is 14.9 Å². The fourth-order valence-electron chi connectivity index (χ4n) is 2.86. The molecule has 1 unspecified atom stereocenters. The first-order valence-corrected chi connectivity index (χ1v) is 9.99. The van der Waals surface area contributed by atoms with Crippen LogP contribution >= 0.6 is 0 Å². The fraction of sp³-hybridized carbons (Fsp3) is 0.0952. The minimum atomic E-state index is -4.07. The molecule has 0 aromatic heterocycles. The molecule has 1 atom stereocenters. The first kappa shape index (κ1) is 19.4. The minimum Gasteiger partial charge on any atom is -0.292 e. The van der Waals surface area contributed by atoms with Crippen LogP contribution in [0.4, 0.5) is 5.69 Å². The number of nitrogens with zero attached hydrogens (tertiary/aromatic N) is 1. The fourth-order valence-corrected chi connectivity index (χ4v) is 4.58. The van der Waals surface area contributed by atoms with E-state index >= 15 is 0 Å². The van der Waals surface area contributed by atoms with Crippen LogP contribution in [0.3, 0.4) is 0 Å². The molecule has 7 heteroatoms. The molecule has 0 aliphatic heterocycles. The molecule has 0 saturated carbocycles. The summed E-state index contributed by atoms with van der Waals surface area (Å²) in [6.07, 6.45) is 0. The summed E-state index contributed by atoms with van der Waals surface area (Å²) in [7, 11) is -4.07. The third kappa shape index (κ3) is 3.84. The van der Waals surface area contributed by atoms with Crippen LogP contribution in [0.25, 0.3) is 0 Å². The highest BCUT2D eigenvalue weighted by atomic mass is 32.2. The first-order chi connectivity index (χ1) is 13.3. The van der Waals surface area contributed by atoms with Crippen molar-refractivity contribution >= 4 is 21.3 Å². The van der Waals surface area contributed by atoms with Crippen molar-refractivity contribution in [2.75, 3.05) is 0 Å². The van der Waals surface area contributed by atoms with Gasteiger partial charge in [0.25, 0.3) is 5.69 Å². The molecule has 0 fully saturated rings. The van der Waals surface area contributed by atoms with Crippen LogP contribution < -0.4 is 0 Å². The number of rotatable bonds is 6. The summed E-state index contributed by atoms with van der Waals surface area (Å²) in [5.74, 6) is -0.588. The van der Waals surface area contributed by atoms with Gasteiger partial charge in [0.05, 0.1) is 9.82 Å². The number of nitro groups is 1. The van der Waals surface area contributed by atoms with Gasteiger partial charge in [-0.15, -0.1) is 0 Å². The third-order valence-electron chi connectivity index (χ3n) is 4.36. The average Bonchev–Trinajstić information content (AvgIpc) is 2.69. The molecule has 0 bridgehead atoms. The maximum atomic E-state index is 13.3. The number of sulfone groups is 1. The van der Waals surface area contributed by atoms with Gasteiger partial charge in [-0.25, -0.2) is 8.42 Å². The number of carbonyl (C=O) groups excluding carboxylic acids is 1. The van der Waals surface area contributed by atoms with Crippen LogP contribution in [-0.2, 0) is 9.84 Å². The Morgan fingerprint density at radius 1 is 0.893 bits per heavy atom. The number of hydrogen-bond donors (Lipinski definition) is 0. The van der Waals surface area contributed by atoms with E-state index in [1.165, 1.54) is 36.4 Å². The number of non-ortho nitro benzene ring substituents is 1. The smallest absolute Gasteiger partial charge is 0.269 e. The highest BCUT2D eigenvalue weighted by Gasteiger charge is 2.36. The van der Waals surface area contributed by atoms with Gasteiger partial charge >= 0.3 is 0 Å². The van der Waals surface area contributed by atoms with E-state index in [1.807, 2.05) is 6.92 Å². The number of carbonyl (C=O) groups is 1. The van der Waals surface area contributed by atoms with Crippen molar-refractivity contribution in [3.63, 3.8) is 0 Å². The topological polar surface area (TPSA) is 94.3 Å². The van der Waals surface area contributed by atoms with Gasteiger partial charge in [0.15, 0.2) is 20.9 Å². The summed E-state index contributed by atoms with van der Waals surface area (Å²) < 4.78 is 26.6. The van der Waals surface area contributed by atoms with Crippen LogP contribution in [0.2, 0.25) is 0 Å². The minimum absolute atomic E-state index is 0.0192. The zero-order chi connectivity index (χ0) is 20.3. The SMILES string of the molecule is Cc1ccc(S(=O)(=O)C(C(=O)c2ccccc2)c2ccc([N+](=O)[O-])cc2)cc1. The molecule has 3 aromatic carbocycles. The Balaban J connectivity index is 2.15. The molecule has 6 nitrogen and oxygen atoms in total. The van der Waals surface area contributed by atoms with Crippen molar-refractivity contribution in [1.82, 2.24) is 0 Å². The number of ketones is 1. The van der Waals surface area contributed by atoms with E-state index in [4.69, 9.17) is 0 Å². The van der Waals surface area contributed by atoms with Gasteiger partial charge < -0.3 is 0 Å². The zero-order valence-electron chi connectivity index (χ0n) is 15.0. The van der Waals surface area contributed by atoms with E-state index in [9.17, 15) is 23.3 Å². The summed E-state index contributed by atoms with van der Waals surface area (Å²) >= 11 is 0. The average molecular weight is 395 g/mol. The van der Waals surface area contributed by atoms with Crippen molar-refractivity contribution in [3.05, 3.63) is 106 Å². The lowest BCUT2D eigenvalue weighted by atomic mass is 10.0. The van der Waals surface area contributed by atoms with Crippen molar-refractivity contribution in [2.24, 2.45) is 0 Å². The molecule has 3 aromatic rings. The quantitative estimate of drug-likeness (QED) is 0.352. The van der Waals surface area contributed by atoms with Crippen molar-refractivity contribution < 1.29 is 18.1 Å². The third-order valence-corrected chi connectivity index (χ3v) is 6.40. The lowest BCUT2D eigenvalue weighted by molar-refractivity contribution is -0.384. The molecular weight excluding hydrogens is 378 g/mol. The normalized spacial score (nSPS) is 12.3. The Morgan fingerprint density at radius 3 is 2.00 bits per heavy atom. The van der Waals surface area contributed by atoms with E-state index < -0.39 is 25.8 Å². The standard InChI is InChI=1S/C21H17NO5S/c1-15-7-13-19(14-8-15)28(26,27)21(20(23)16-5-3-2-4-6-16)17-9-11-18(12-10-17)22(24)25/h2-14,21H,1H3. The van der Waals surface area contributed by atoms with Crippen LogP contribution in [0.1, 0.15) is 26.7 Å². The molecule has 0 heterocycles. The maximum absolute atomic E-state index is 13.3. The highest BCUT2D eigenvalue weighted by molar-refractivity contribution is 7.92. The number of aryl methyl sites for hydroxylation is 1. The summed E-state index contributed by atoms with van der Waals surface area (Å²) in [6.45, 7) is 1.83. The predicted molar refractivity (Wildman–Crippen MR) is 105 cm³/mol. The molecule has 142 valence electrons. The maximum Gasteiger partial charge on any atom is 0.269 e. The molecule has 0 saturated heterocycles. The molecule has 3 rings (SSSR count). The second kappa shape index (κ2) is 7.74. The molecule has 0 spiro atoms. The number of hydrogen-bond acceptors (Lipinski definition) is 5. The Morgan fingerprint density at radius 2 is 1.46 bits per heavy atom. The van der Waals surface area contributed by atoms with Crippen LogP contribution in [0, 0.1) is 17.0 Å². The summed E-state index contributed by atoms with van der Waals surface area (Å²) in [4.78, 5) is 23.5. The summed E-state index contributed by atoms with van der Waals surface area (Å²) in [6, 6.07) is 19.4. The van der Waals surface area contributed by atoms with Gasteiger partial charge in [-0.2, -0.15) is 0 Å². The molecule has 0 aliphatic rings. The van der Waals surface area contributed by atoms with Crippen LogP contribution in [-0.4, -0.2) is 19.1 Å². The molecule has 0 N–H and O–H groups in total. The largest absolute Gasteiger partial charge is 0.292 e. The Labute approximate surface area is 162 Å². The molecule has 0 amide bonds. The second-order valence-electron chi connectivity index (χ2n) is 6.32. The molecule has 0 aliphatic carbocycles. The van der Waals surface area contributed by atoms with Gasteiger partial charge in [-0.05, 0) is 24.6 Å². The zero-order valence-corrected chi connectivity index (χ0v) is 15.8. The van der Waals surface area contributed by atoms with Gasteiger partial charge in [0.2, 0.25) is 0 Å². The van der Waals surface area contributed by atoms with Crippen molar-refractivity contribution in [1.29, 1.82) is 0 Å². The van der Waals surface area contributed by atoms with Crippen LogP contribution in [0.5, 0.6) is 0 Å². The molecular formula is C21H17NO5S. The van der Waals surface area contributed by atoms with Crippen molar-refractivity contribution in [3.8, 4) is 0 Å². The number of nitro benzene ring substituents is 1. The number of Topliss-reactive ketones (excluding diaryl/α,β-unsaturated/α-hetero) is 1. The Hall–Kier alpha value is -3.32. The van der Waals surface area contributed by atoms with Gasteiger partial charge in [-0.1, -0.05) is 60.2 Å². The lowest BCUT2D eigenvalue weighted by Crippen LogP contribution is -2.23. The van der Waals surface area contributed by atoms with Gasteiger partial charge in [0, 0.05) is 17.7 Å². The molecule has 28 heavy (non-hydrogen) atoms. The molecule has 0 radical (unpaired) electrons. The number of benzene rings is 3. The van der Waals surface area contributed by atoms with E-state index in [-0.39, 0.29) is 21.7 Å². The van der Waals surface area contributed by atoms with Gasteiger partial charge in [0.1, 0.15) is 0 Å². The first-order valence-electron chi connectivity index (χ1n) is 8.45. The van der Waals surface area contributed by atoms with Crippen LogP contribution in [0.15, 0.2) is 83.8 Å². The summed E-state index contributed by atoms with van der Waals surface area (Å²) in [5.41, 5.74) is 1.14. The monoisotopic (exact) mass is 395 g/mol. The highest BCUT2D eigenvalue weighted by Crippen LogP contribution is 2.33. The van der Waals surface area contributed by atoms with E-state index in [1.54, 1.807) is 42.5 Å². The van der Waals surface area contributed by atoms with Crippen molar-refractivity contribution in [2.45, 2.75) is 17.1 Å². The van der Waals surface area contributed by atoms with E-state index in [2.05, 4.69) is 0 Å².